The summed E-state index contributed by atoms with van der Waals surface area (Å²) in [5.74, 6) is 0. The Labute approximate surface area is 377 Å². The number of unbranched alkanes of at least 4 members (excludes halogenated alkanes) is 28. The molecule has 59 heavy (non-hydrogen) atoms. The van der Waals surface area contributed by atoms with Gasteiger partial charge in [-0.2, -0.15) is 0 Å². The summed E-state index contributed by atoms with van der Waals surface area (Å²) in [7, 11) is 0. The molecule has 1 aliphatic rings. The summed E-state index contributed by atoms with van der Waals surface area (Å²) >= 11 is 0. The molecule has 0 aromatic heterocycles. The molecule has 0 N–H and O–H groups in total. The Morgan fingerprint density at radius 2 is 0.542 bits per heavy atom. The smallest absolute Gasteiger partial charge is 0.211 e. The number of nitrogens with zero attached hydrogens (tertiary/aromatic N) is 2. The van der Waals surface area contributed by atoms with Crippen molar-refractivity contribution in [3.05, 3.63) is 87.5 Å². The van der Waals surface area contributed by atoms with E-state index in [0.29, 0.717) is 0 Å². The van der Waals surface area contributed by atoms with Crippen molar-refractivity contribution in [3.63, 3.8) is 0 Å². The monoisotopic (exact) mass is 851 g/mol. The minimum atomic E-state index is 0. The van der Waals surface area contributed by atoms with Gasteiger partial charge in [0.15, 0.2) is 0 Å². The number of hydrogen-bond donors (Lipinski definition) is 0. The molecule has 0 amide bonds. The number of hydrogen-bond acceptors (Lipinski definition) is 0. The summed E-state index contributed by atoms with van der Waals surface area (Å²) in [5.41, 5.74) is 21.9. The third kappa shape index (κ3) is 22.1. The summed E-state index contributed by atoms with van der Waals surface area (Å²) in [6, 6.07) is 18.4. The van der Waals surface area contributed by atoms with Gasteiger partial charge in [0.1, 0.15) is 0 Å². The zero-order chi connectivity index (χ0) is 41.3. The topological polar surface area (TPSA) is 25.3 Å². The fourth-order valence-electron chi connectivity index (χ4n) is 9.20. The molecule has 2 nitrogen and oxygen atoms in total. The minimum absolute atomic E-state index is 0. The predicted octanol–water partition coefficient (Wildman–Crippen LogP) is 19.3. The molecule has 336 valence electrons. The summed E-state index contributed by atoms with van der Waals surface area (Å²) in [5, 5.41) is 0. The third-order valence-corrected chi connectivity index (χ3v) is 13.0. The molecule has 2 aromatic rings. The zero-order valence-corrected chi connectivity index (χ0v) is 40.3. The van der Waals surface area contributed by atoms with E-state index in [4.69, 9.17) is 0 Å². The molecule has 0 unspecified atom stereocenters. The maximum Gasteiger partial charge on any atom is 0.211 e. The maximum atomic E-state index is 12.0. The molecule has 3 heteroatoms. The molecular formula is C56H92N2Ni. The summed E-state index contributed by atoms with van der Waals surface area (Å²) < 4.78 is 1.57. The van der Waals surface area contributed by atoms with Gasteiger partial charge >= 0.3 is 0 Å². The van der Waals surface area contributed by atoms with E-state index in [-0.39, 0.29) is 16.5 Å². The van der Waals surface area contributed by atoms with Crippen LogP contribution < -0.4 is 0 Å². The SMILES string of the molecule is CCCCCCCCCCCCCCCCc1ccc(C2=C(CCCC)C(CCCC)=C(c3ccc(CCCCCCCCCCCCCCCC)cc3)[N+]2=[N-])cc1.[Ni]. The van der Waals surface area contributed by atoms with Gasteiger partial charge in [-0.3, -0.25) is 0 Å². The Bertz CT molecular complexity index is 1280. The first-order valence-electron chi connectivity index (χ1n) is 25.8. The number of benzene rings is 2. The molecule has 0 bridgehead atoms. The van der Waals surface area contributed by atoms with Crippen molar-refractivity contribution in [2.24, 2.45) is 0 Å². The van der Waals surface area contributed by atoms with Crippen molar-refractivity contribution in [1.82, 2.24) is 0 Å². The molecule has 0 aliphatic carbocycles. The van der Waals surface area contributed by atoms with Crippen LogP contribution in [0.2, 0.25) is 0 Å². The Balaban J connectivity index is 0.0000120. The average Bonchev–Trinajstić information content (AvgIpc) is 3.52. The fourth-order valence-corrected chi connectivity index (χ4v) is 9.20. The second-order valence-electron chi connectivity index (χ2n) is 18.3. The Hall–Kier alpha value is -1.99. The van der Waals surface area contributed by atoms with Gasteiger partial charge in [-0.1, -0.05) is 232 Å². The van der Waals surface area contributed by atoms with E-state index < -0.39 is 0 Å². The van der Waals surface area contributed by atoms with Gasteiger partial charge in [0.2, 0.25) is 11.4 Å². The van der Waals surface area contributed by atoms with Crippen LogP contribution in [0, 0.1) is 0 Å². The quantitative estimate of drug-likeness (QED) is 0.0365. The van der Waals surface area contributed by atoms with Crippen LogP contribution in [0.15, 0.2) is 59.7 Å². The third-order valence-electron chi connectivity index (χ3n) is 13.0. The Morgan fingerprint density at radius 3 is 0.797 bits per heavy atom. The predicted molar refractivity (Wildman–Crippen MR) is 257 cm³/mol. The fraction of sp³-hybridized carbons (Fsp3) is 0.714. The van der Waals surface area contributed by atoms with Gasteiger partial charge in [-0.25, -0.2) is 4.70 Å². The average molecular weight is 852 g/mol. The molecule has 3 rings (SSSR count). The van der Waals surface area contributed by atoms with E-state index in [9.17, 15) is 5.53 Å². The molecule has 0 spiro atoms. The van der Waals surface area contributed by atoms with Crippen molar-refractivity contribution in [3.8, 4) is 0 Å². The van der Waals surface area contributed by atoms with E-state index in [1.165, 1.54) is 202 Å². The normalized spacial score (nSPS) is 12.9. The van der Waals surface area contributed by atoms with E-state index in [0.717, 1.165) is 73.9 Å². The van der Waals surface area contributed by atoms with E-state index in [1.807, 2.05) is 0 Å². The molecule has 0 saturated heterocycles. The van der Waals surface area contributed by atoms with Crippen LogP contribution in [0.4, 0.5) is 0 Å². The van der Waals surface area contributed by atoms with E-state index in [1.54, 1.807) is 4.70 Å². The van der Waals surface area contributed by atoms with Crippen molar-refractivity contribution >= 4 is 11.4 Å². The maximum absolute atomic E-state index is 12.0. The number of allylic oxidation sites excluding steroid dienone is 2. The molecule has 2 aromatic carbocycles. The van der Waals surface area contributed by atoms with Crippen molar-refractivity contribution < 1.29 is 21.2 Å². The van der Waals surface area contributed by atoms with Gasteiger partial charge in [0.25, 0.3) is 0 Å². The molecule has 0 atom stereocenters. The van der Waals surface area contributed by atoms with Gasteiger partial charge in [-0.15, -0.1) is 0 Å². The van der Waals surface area contributed by atoms with Crippen molar-refractivity contribution in [1.29, 1.82) is 0 Å². The van der Waals surface area contributed by atoms with Gasteiger partial charge in [0, 0.05) is 38.8 Å². The van der Waals surface area contributed by atoms with E-state index in [2.05, 4.69) is 76.2 Å². The van der Waals surface area contributed by atoms with Crippen LogP contribution >= 0.6 is 0 Å². The van der Waals surface area contributed by atoms with Crippen LogP contribution in [-0.2, 0) is 29.3 Å². The van der Waals surface area contributed by atoms with Crippen molar-refractivity contribution in [2.75, 3.05) is 0 Å². The first-order chi connectivity index (χ1) is 28.6. The van der Waals surface area contributed by atoms with Gasteiger partial charge in [-0.05, 0) is 86.8 Å². The van der Waals surface area contributed by atoms with Crippen LogP contribution in [0.1, 0.15) is 268 Å². The molecule has 0 fully saturated rings. The first kappa shape index (κ1) is 53.2. The van der Waals surface area contributed by atoms with Gasteiger partial charge in [0.05, 0.1) is 0 Å². The molecule has 1 heterocycles. The molecular weight excluding hydrogens is 759 g/mol. The largest absolute Gasteiger partial charge is 0.493 e. The summed E-state index contributed by atoms with van der Waals surface area (Å²) in [6.45, 7) is 9.17. The standard InChI is InChI=1S/C56H92N2.Ni/c1-5-9-13-15-17-19-21-23-25-27-29-31-33-35-37-49-41-45-51(46-42-49)55-53(39-11-7-3)54(40-12-8-4)56(58(55)57)52-47-43-50(44-48-52)38-36-34-32-30-28-26-24-22-20-18-16-14-10-6-2;/h41-48H,5-40H2,1-4H3;. The van der Waals surface area contributed by atoms with E-state index >= 15 is 0 Å². The van der Waals surface area contributed by atoms with Crippen molar-refractivity contribution in [2.45, 2.75) is 259 Å². The minimum Gasteiger partial charge on any atom is -0.493 e. The zero-order valence-electron chi connectivity index (χ0n) is 39.3. The second kappa shape index (κ2) is 35.6. The summed E-state index contributed by atoms with van der Waals surface area (Å²) in [4.78, 5) is 0. The molecule has 1 aliphatic heterocycles. The first-order valence-corrected chi connectivity index (χ1v) is 25.8. The van der Waals surface area contributed by atoms with Gasteiger partial charge < -0.3 is 5.53 Å². The van der Waals surface area contributed by atoms with Crippen LogP contribution in [-0.4, -0.2) is 4.70 Å². The Kier molecular flexibility index (Phi) is 32.1. The summed E-state index contributed by atoms with van der Waals surface area (Å²) in [6.07, 6.45) is 48.2. The molecule has 0 radical (unpaired) electrons. The Morgan fingerprint density at radius 1 is 0.305 bits per heavy atom. The number of rotatable bonds is 38. The van der Waals surface area contributed by atoms with Crippen LogP contribution in [0.25, 0.3) is 16.9 Å². The van der Waals surface area contributed by atoms with Crippen LogP contribution in [0.5, 0.6) is 0 Å². The second-order valence-corrected chi connectivity index (χ2v) is 18.3. The van der Waals surface area contributed by atoms with Crippen LogP contribution in [0.3, 0.4) is 0 Å². The number of aryl methyl sites for hydroxylation is 2. The molecule has 0 saturated carbocycles.